The number of likely N-dealkylation sites (N-methyl/N-ethyl adjacent to an activating group) is 1. The summed E-state index contributed by atoms with van der Waals surface area (Å²) in [6.07, 6.45) is 3.33. The third-order valence-electron chi connectivity index (χ3n) is 3.65. The molecule has 4 heteroatoms. The van der Waals surface area contributed by atoms with Gasteiger partial charge in [-0.25, -0.2) is 4.39 Å². The normalized spacial score (nSPS) is 24.6. The van der Waals surface area contributed by atoms with E-state index in [2.05, 4.69) is 19.2 Å². The van der Waals surface area contributed by atoms with Gasteiger partial charge in [-0.05, 0) is 44.4 Å². The van der Waals surface area contributed by atoms with E-state index in [4.69, 9.17) is 16.3 Å². The molecule has 1 aromatic rings. The molecule has 1 fully saturated rings. The summed E-state index contributed by atoms with van der Waals surface area (Å²) in [7, 11) is 0. The molecule has 3 unspecified atom stereocenters. The van der Waals surface area contributed by atoms with E-state index in [1.807, 2.05) is 6.07 Å². The number of halogens is 2. The fourth-order valence-electron chi connectivity index (χ4n) is 2.67. The summed E-state index contributed by atoms with van der Waals surface area (Å²) in [4.78, 5) is 0. The minimum absolute atomic E-state index is 0.189. The Labute approximate surface area is 119 Å². The summed E-state index contributed by atoms with van der Waals surface area (Å²) < 4.78 is 19.4. The highest BCUT2D eigenvalue weighted by molar-refractivity contribution is 6.31. The molecular weight excluding hydrogens is 265 g/mol. The van der Waals surface area contributed by atoms with Gasteiger partial charge in [-0.15, -0.1) is 0 Å². The zero-order valence-corrected chi connectivity index (χ0v) is 12.2. The Kier molecular flexibility index (Phi) is 5.20. The van der Waals surface area contributed by atoms with Crippen LogP contribution in [-0.2, 0) is 11.2 Å². The molecule has 19 heavy (non-hydrogen) atoms. The van der Waals surface area contributed by atoms with Crippen LogP contribution in [0.5, 0.6) is 0 Å². The maximum atomic E-state index is 13.5. The molecule has 0 aromatic heterocycles. The lowest BCUT2D eigenvalue weighted by molar-refractivity contribution is 0.0324. The van der Waals surface area contributed by atoms with Crippen LogP contribution in [0.15, 0.2) is 18.2 Å². The van der Waals surface area contributed by atoms with Crippen LogP contribution in [-0.4, -0.2) is 24.8 Å². The summed E-state index contributed by atoms with van der Waals surface area (Å²) in [6.45, 7) is 5.03. The van der Waals surface area contributed by atoms with E-state index >= 15 is 0 Å². The van der Waals surface area contributed by atoms with Gasteiger partial charge in [-0.2, -0.15) is 0 Å². The van der Waals surface area contributed by atoms with Crippen LogP contribution in [0, 0.1) is 5.82 Å². The van der Waals surface area contributed by atoms with Gasteiger partial charge in [0.2, 0.25) is 0 Å². The quantitative estimate of drug-likeness (QED) is 0.893. The van der Waals surface area contributed by atoms with Crippen LogP contribution in [0.2, 0.25) is 5.02 Å². The van der Waals surface area contributed by atoms with E-state index in [-0.39, 0.29) is 23.0 Å². The SMILES string of the molecule is CCNC(Cc1cccc(F)c1Cl)C1CCC(C)O1. The van der Waals surface area contributed by atoms with Gasteiger partial charge < -0.3 is 10.1 Å². The van der Waals surface area contributed by atoms with Crippen molar-refractivity contribution in [1.29, 1.82) is 0 Å². The first-order valence-electron chi connectivity index (χ1n) is 6.93. The molecule has 1 aromatic carbocycles. The number of hydrogen-bond donors (Lipinski definition) is 1. The highest BCUT2D eigenvalue weighted by Crippen LogP contribution is 2.26. The molecule has 0 spiro atoms. The van der Waals surface area contributed by atoms with Crippen molar-refractivity contribution in [2.45, 2.75) is 51.4 Å². The molecule has 2 nitrogen and oxygen atoms in total. The van der Waals surface area contributed by atoms with E-state index in [9.17, 15) is 4.39 Å². The van der Waals surface area contributed by atoms with E-state index in [0.29, 0.717) is 12.5 Å². The van der Waals surface area contributed by atoms with Crippen molar-refractivity contribution in [2.75, 3.05) is 6.54 Å². The Bertz CT molecular complexity index is 427. The fraction of sp³-hybridized carbons (Fsp3) is 0.600. The van der Waals surface area contributed by atoms with Crippen molar-refractivity contribution in [3.05, 3.63) is 34.6 Å². The second-order valence-corrected chi connectivity index (χ2v) is 5.52. The maximum Gasteiger partial charge on any atom is 0.142 e. The molecule has 0 bridgehead atoms. The second-order valence-electron chi connectivity index (χ2n) is 5.14. The van der Waals surface area contributed by atoms with Crippen molar-refractivity contribution in [3.8, 4) is 0 Å². The van der Waals surface area contributed by atoms with Gasteiger partial charge in [0.15, 0.2) is 0 Å². The molecule has 1 N–H and O–H groups in total. The van der Waals surface area contributed by atoms with E-state index < -0.39 is 0 Å². The van der Waals surface area contributed by atoms with Gasteiger partial charge in [0.1, 0.15) is 5.82 Å². The topological polar surface area (TPSA) is 21.3 Å². The first-order valence-corrected chi connectivity index (χ1v) is 7.31. The average molecular weight is 286 g/mol. The lowest BCUT2D eigenvalue weighted by atomic mass is 9.99. The van der Waals surface area contributed by atoms with Gasteiger partial charge in [0.25, 0.3) is 0 Å². The molecule has 1 saturated heterocycles. The maximum absolute atomic E-state index is 13.5. The van der Waals surface area contributed by atoms with Crippen LogP contribution in [0.1, 0.15) is 32.3 Å². The first-order chi connectivity index (χ1) is 9.11. The fourth-order valence-corrected chi connectivity index (χ4v) is 2.87. The summed E-state index contributed by atoms with van der Waals surface area (Å²) in [5.74, 6) is -0.352. The van der Waals surface area contributed by atoms with Gasteiger partial charge in [-0.1, -0.05) is 30.7 Å². The predicted molar refractivity (Wildman–Crippen MR) is 76.1 cm³/mol. The van der Waals surface area contributed by atoms with Crippen LogP contribution in [0.4, 0.5) is 4.39 Å². The zero-order valence-electron chi connectivity index (χ0n) is 11.5. The van der Waals surface area contributed by atoms with Crippen molar-refractivity contribution in [1.82, 2.24) is 5.32 Å². The Morgan fingerprint density at radius 1 is 1.47 bits per heavy atom. The molecular formula is C15H21ClFNO. The monoisotopic (exact) mass is 285 g/mol. The summed E-state index contributed by atoms with van der Waals surface area (Å²) in [6, 6.07) is 5.17. The lowest BCUT2D eigenvalue weighted by Crippen LogP contribution is -2.41. The third kappa shape index (κ3) is 3.68. The molecule has 1 aliphatic rings. The van der Waals surface area contributed by atoms with Gasteiger partial charge in [-0.3, -0.25) is 0 Å². The van der Waals surface area contributed by atoms with Crippen LogP contribution >= 0.6 is 11.6 Å². The highest BCUT2D eigenvalue weighted by Gasteiger charge is 2.29. The minimum atomic E-state index is -0.352. The number of benzene rings is 1. The van der Waals surface area contributed by atoms with E-state index in [0.717, 1.165) is 24.9 Å². The number of rotatable bonds is 5. The standard InChI is InChI=1S/C15H21ClFNO/c1-3-18-13(14-8-7-10(2)19-14)9-11-5-4-6-12(17)15(11)16/h4-6,10,13-14,18H,3,7-9H2,1-2H3. The van der Waals surface area contributed by atoms with Crippen molar-refractivity contribution >= 4 is 11.6 Å². The third-order valence-corrected chi connectivity index (χ3v) is 4.07. The van der Waals surface area contributed by atoms with E-state index in [1.165, 1.54) is 6.07 Å². The number of nitrogens with one attached hydrogen (secondary N) is 1. The predicted octanol–water partition coefficient (Wildman–Crippen LogP) is 3.57. The molecule has 106 valence electrons. The summed E-state index contributed by atoms with van der Waals surface area (Å²) in [5.41, 5.74) is 0.843. The summed E-state index contributed by atoms with van der Waals surface area (Å²) in [5, 5.41) is 3.67. The molecule has 0 aliphatic carbocycles. The lowest BCUT2D eigenvalue weighted by Gasteiger charge is -2.25. The molecule has 1 aliphatic heterocycles. The minimum Gasteiger partial charge on any atom is -0.374 e. The number of ether oxygens (including phenoxy) is 1. The molecule has 3 atom stereocenters. The Balaban J connectivity index is 2.09. The molecule has 0 saturated carbocycles. The van der Waals surface area contributed by atoms with Crippen LogP contribution in [0.25, 0.3) is 0 Å². The highest BCUT2D eigenvalue weighted by atomic mass is 35.5. The van der Waals surface area contributed by atoms with Crippen LogP contribution < -0.4 is 5.32 Å². The summed E-state index contributed by atoms with van der Waals surface area (Å²) >= 11 is 6.03. The Hall–Kier alpha value is -0.640. The van der Waals surface area contributed by atoms with Crippen molar-refractivity contribution < 1.29 is 9.13 Å². The average Bonchev–Trinajstić information content (AvgIpc) is 2.81. The number of hydrogen-bond acceptors (Lipinski definition) is 2. The van der Waals surface area contributed by atoms with E-state index in [1.54, 1.807) is 6.07 Å². The first kappa shape index (κ1) is 14.8. The van der Waals surface area contributed by atoms with Gasteiger partial charge in [0, 0.05) is 6.04 Å². The van der Waals surface area contributed by atoms with Crippen LogP contribution in [0.3, 0.4) is 0 Å². The Morgan fingerprint density at radius 3 is 2.89 bits per heavy atom. The Morgan fingerprint density at radius 2 is 2.26 bits per heavy atom. The van der Waals surface area contributed by atoms with Gasteiger partial charge in [0.05, 0.1) is 17.2 Å². The smallest absolute Gasteiger partial charge is 0.142 e. The largest absolute Gasteiger partial charge is 0.374 e. The molecule has 1 heterocycles. The zero-order chi connectivity index (χ0) is 13.8. The molecule has 0 radical (unpaired) electrons. The van der Waals surface area contributed by atoms with Crippen molar-refractivity contribution in [2.24, 2.45) is 0 Å². The van der Waals surface area contributed by atoms with Crippen molar-refractivity contribution in [3.63, 3.8) is 0 Å². The molecule has 2 rings (SSSR count). The van der Waals surface area contributed by atoms with Gasteiger partial charge >= 0.3 is 0 Å². The second kappa shape index (κ2) is 6.69. The molecule has 0 amide bonds.